The van der Waals surface area contributed by atoms with Gasteiger partial charge in [0.2, 0.25) is 0 Å². The van der Waals surface area contributed by atoms with Crippen LogP contribution >= 0.6 is 11.8 Å². The molecule has 3 N–H and O–H groups in total. The summed E-state index contributed by atoms with van der Waals surface area (Å²) in [6, 6.07) is 14.9. The van der Waals surface area contributed by atoms with Gasteiger partial charge in [-0.1, -0.05) is 53.4 Å². The van der Waals surface area contributed by atoms with Gasteiger partial charge in [-0.25, -0.2) is 17.1 Å². The Balaban J connectivity index is 1.28. The molecule has 2 aliphatic heterocycles. The van der Waals surface area contributed by atoms with Crippen molar-refractivity contribution in [3.63, 3.8) is 0 Å². The lowest BCUT2D eigenvalue weighted by Crippen LogP contribution is -2.55. The van der Waals surface area contributed by atoms with Crippen molar-refractivity contribution in [2.24, 2.45) is 4.99 Å². The third kappa shape index (κ3) is 4.29. The van der Waals surface area contributed by atoms with Crippen molar-refractivity contribution in [1.29, 1.82) is 0 Å². The number of nitrogens with zero attached hydrogens (tertiary/aromatic N) is 5. The molecule has 38 heavy (non-hydrogen) atoms. The molecule has 4 aromatic rings. The van der Waals surface area contributed by atoms with Crippen LogP contribution in [0.3, 0.4) is 0 Å². The fourth-order valence-corrected chi connectivity index (χ4v) is 7.35. The summed E-state index contributed by atoms with van der Waals surface area (Å²) in [5.74, 6) is 0. The Bertz CT molecular complexity index is 1600. The normalized spacial score (nSPS) is 25.3. The van der Waals surface area contributed by atoms with Crippen LogP contribution in [0.1, 0.15) is 6.92 Å². The zero-order valence-electron chi connectivity index (χ0n) is 20.3. The highest BCUT2D eigenvalue weighted by molar-refractivity contribution is 8.14. The maximum atomic E-state index is 13.4. The van der Waals surface area contributed by atoms with Crippen molar-refractivity contribution in [3.05, 3.63) is 67.0 Å². The third-order valence-electron chi connectivity index (χ3n) is 6.65. The number of nitrogens with one attached hydrogen (secondary N) is 1. The summed E-state index contributed by atoms with van der Waals surface area (Å²) in [6.45, 7) is 2.79. The SMILES string of the molecule is CCNC1=N[C@@H]2[C@@H](O)[C@H](O)[C@@H](Cn3cc(-c4cn(S(=O)(=O)c5ccccc5)c5ccccc45)nn3)O[C@@H]2S1. The number of amidine groups is 1. The molecule has 13 heteroatoms. The van der Waals surface area contributed by atoms with E-state index in [4.69, 9.17) is 4.74 Å². The number of fused-ring (bicyclic) bond motifs is 2. The highest BCUT2D eigenvalue weighted by Crippen LogP contribution is 2.37. The summed E-state index contributed by atoms with van der Waals surface area (Å²) in [5, 5.41) is 34.4. The van der Waals surface area contributed by atoms with Gasteiger partial charge in [-0.05, 0) is 25.1 Å². The van der Waals surface area contributed by atoms with Gasteiger partial charge in [0, 0.05) is 23.7 Å². The smallest absolute Gasteiger partial charge is 0.268 e. The Hall–Kier alpha value is -3.23. The number of benzene rings is 2. The molecule has 0 radical (unpaired) electrons. The van der Waals surface area contributed by atoms with Gasteiger partial charge in [-0.3, -0.25) is 4.99 Å². The maximum Gasteiger partial charge on any atom is 0.268 e. The van der Waals surface area contributed by atoms with Crippen molar-refractivity contribution in [1.82, 2.24) is 24.3 Å². The monoisotopic (exact) mass is 554 g/mol. The summed E-state index contributed by atoms with van der Waals surface area (Å²) >= 11 is 1.39. The van der Waals surface area contributed by atoms with Crippen LogP contribution in [0, 0.1) is 0 Å². The fraction of sp³-hybridized carbons (Fsp3) is 0.320. The van der Waals surface area contributed by atoms with E-state index in [1.165, 1.54) is 20.4 Å². The molecule has 0 saturated carbocycles. The highest BCUT2D eigenvalue weighted by atomic mass is 32.2. The quantitative estimate of drug-likeness (QED) is 0.324. The molecule has 2 aromatic heterocycles. The minimum absolute atomic E-state index is 0.145. The van der Waals surface area contributed by atoms with E-state index in [1.807, 2.05) is 19.1 Å². The van der Waals surface area contributed by atoms with Crippen LogP contribution in [0.5, 0.6) is 0 Å². The number of aliphatic imine (C=N–C) groups is 1. The summed E-state index contributed by atoms with van der Waals surface area (Å²) in [5.41, 5.74) is 1.18. The lowest BCUT2D eigenvalue weighted by molar-refractivity contribution is -0.157. The molecule has 11 nitrogen and oxygen atoms in total. The molecule has 198 valence electrons. The number of thioether (sulfide) groups is 1. The van der Waals surface area contributed by atoms with Gasteiger partial charge < -0.3 is 20.3 Å². The molecule has 4 heterocycles. The number of para-hydroxylation sites is 1. The molecule has 2 aromatic carbocycles. The second-order valence-corrected chi connectivity index (χ2v) is 12.0. The van der Waals surface area contributed by atoms with Crippen LogP contribution in [0.2, 0.25) is 0 Å². The fourth-order valence-electron chi connectivity index (χ4n) is 4.77. The van der Waals surface area contributed by atoms with Crippen molar-refractivity contribution < 1.29 is 23.4 Å². The standard InChI is InChI=1S/C25H26N6O5S2/c1-2-26-25-27-21-23(33)22(32)20(36-24(21)37-25)14-30-13-18(28-29-30)17-12-31(19-11-7-6-10-16(17)19)38(34,35)15-8-4-3-5-9-15/h3-13,20-24,32-33H,2,14H2,1H3,(H,26,27)/t20-,21-,22-,23-,24-/m1/s1. The minimum Gasteiger partial charge on any atom is -0.388 e. The molecule has 0 amide bonds. The number of aliphatic hydroxyl groups is 2. The Kier molecular flexibility index (Phi) is 6.48. The molecule has 1 fully saturated rings. The number of hydrogen-bond acceptors (Lipinski definition) is 10. The molecule has 0 unspecified atom stereocenters. The largest absolute Gasteiger partial charge is 0.388 e. The van der Waals surface area contributed by atoms with E-state index in [2.05, 4.69) is 20.6 Å². The number of rotatable bonds is 6. The van der Waals surface area contributed by atoms with E-state index in [9.17, 15) is 18.6 Å². The predicted molar refractivity (Wildman–Crippen MR) is 143 cm³/mol. The number of aliphatic hydroxyl groups excluding tert-OH is 2. The van der Waals surface area contributed by atoms with Gasteiger partial charge in [0.05, 0.1) is 23.2 Å². The van der Waals surface area contributed by atoms with E-state index < -0.39 is 39.8 Å². The van der Waals surface area contributed by atoms with Crippen molar-refractivity contribution >= 4 is 37.9 Å². The van der Waals surface area contributed by atoms with Crippen molar-refractivity contribution in [2.75, 3.05) is 6.54 Å². The first-order valence-corrected chi connectivity index (χ1v) is 14.5. The lowest BCUT2D eigenvalue weighted by Gasteiger charge is -2.38. The molecule has 0 bridgehead atoms. The molecule has 5 atom stereocenters. The number of aromatic nitrogens is 4. The number of hydrogen-bond donors (Lipinski definition) is 3. The van der Waals surface area contributed by atoms with Crippen LogP contribution in [0.4, 0.5) is 0 Å². The first-order valence-electron chi connectivity index (χ1n) is 12.2. The van der Waals surface area contributed by atoms with Crippen LogP contribution < -0.4 is 5.32 Å². The molecule has 0 aliphatic carbocycles. The first kappa shape index (κ1) is 25.1. The van der Waals surface area contributed by atoms with Gasteiger partial charge in [0.1, 0.15) is 35.5 Å². The summed E-state index contributed by atoms with van der Waals surface area (Å²) in [7, 11) is -3.84. The van der Waals surface area contributed by atoms with E-state index in [-0.39, 0.29) is 11.4 Å². The van der Waals surface area contributed by atoms with Crippen molar-refractivity contribution in [2.45, 2.75) is 48.2 Å². The van der Waals surface area contributed by atoms with Gasteiger partial charge in [0.25, 0.3) is 10.0 Å². The minimum atomic E-state index is -3.84. The molecule has 0 spiro atoms. The predicted octanol–water partition coefficient (Wildman–Crippen LogP) is 1.66. The van der Waals surface area contributed by atoms with E-state index in [0.717, 1.165) is 0 Å². The van der Waals surface area contributed by atoms with Crippen molar-refractivity contribution in [3.8, 4) is 11.3 Å². The van der Waals surface area contributed by atoms with Crippen LogP contribution in [-0.2, 0) is 21.3 Å². The average molecular weight is 555 g/mol. The van der Waals surface area contributed by atoms with E-state index in [0.29, 0.717) is 33.9 Å². The third-order valence-corrected chi connectivity index (χ3v) is 9.43. The molecule has 2 aliphatic rings. The lowest BCUT2D eigenvalue weighted by atomic mass is 9.98. The van der Waals surface area contributed by atoms with E-state index >= 15 is 0 Å². The highest BCUT2D eigenvalue weighted by Gasteiger charge is 2.48. The van der Waals surface area contributed by atoms with Crippen LogP contribution in [0.25, 0.3) is 22.2 Å². The molecule has 1 saturated heterocycles. The Morgan fingerprint density at radius 2 is 1.82 bits per heavy atom. The topological polar surface area (TPSA) is 144 Å². The summed E-state index contributed by atoms with van der Waals surface area (Å²) in [4.78, 5) is 4.62. The number of ether oxygens (including phenoxy) is 1. The van der Waals surface area contributed by atoms with Crippen LogP contribution in [0.15, 0.2) is 76.9 Å². The van der Waals surface area contributed by atoms with Gasteiger partial charge in [-0.15, -0.1) is 5.10 Å². The zero-order valence-corrected chi connectivity index (χ0v) is 22.0. The zero-order chi connectivity index (χ0) is 26.4. The maximum absolute atomic E-state index is 13.4. The Morgan fingerprint density at radius 1 is 1.05 bits per heavy atom. The Morgan fingerprint density at radius 3 is 2.61 bits per heavy atom. The molecular weight excluding hydrogens is 528 g/mol. The summed E-state index contributed by atoms with van der Waals surface area (Å²) in [6.07, 6.45) is 0.261. The summed E-state index contributed by atoms with van der Waals surface area (Å²) < 4.78 is 35.7. The molecule has 6 rings (SSSR count). The van der Waals surface area contributed by atoms with Gasteiger partial charge in [-0.2, -0.15) is 0 Å². The second-order valence-electron chi connectivity index (χ2n) is 9.10. The average Bonchev–Trinajstić information content (AvgIpc) is 3.65. The van der Waals surface area contributed by atoms with Gasteiger partial charge in [0.15, 0.2) is 5.17 Å². The van der Waals surface area contributed by atoms with Crippen LogP contribution in [-0.4, -0.2) is 79.1 Å². The first-order chi connectivity index (χ1) is 18.4. The Labute approximate surface area is 223 Å². The van der Waals surface area contributed by atoms with E-state index in [1.54, 1.807) is 54.9 Å². The second kappa shape index (κ2) is 9.82. The van der Waals surface area contributed by atoms with Gasteiger partial charge >= 0.3 is 0 Å². The molecular formula is C25H26N6O5S2.